The molecule has 0 fully saturated rings. The van der Waals surface area contributed by atoms with E-state index in [-0.39, 0.29) is 24.7 Å². The molecule has 0 aliphatic rings. The van der Waals surface area contributed by atoms with Gasteiger partial charge in [0.15, 0.2) is 0 Å². The molecule has 0 spiro atoms. The maximum absolute atomic E-state index is 11.4. The van der Waals surface area contributed by atoms with Crippen LogP contribution in [0.4, 0.5) is 0 Å². The third-order valence-corrected chi connectivity index (χ3v) is 2.08. The number of amides is 1. The highest BCUT2D eigenvalue weighted by Gasteiger charge is 2.13. The zero-order valence-electron chi connectivity index (χ0n) is 12.2. The molecule has 0 aliphatic heterocycles. The van der Waals surface area contributed by atoms with Crippen molar-refractivity contribution in [2.24, 2.45) is 5.92 Å². The summed E-state index contributed by atoms with van der Waals surface area (Å²) in [5.74, 6) is 0.396. The number of ether oxygens (including phenoxy) is 1. The molecule has 3 N–H and O–H groups in total. The van der Waals surface area contributed by atoms with Gasteiger partial charge in [0.25, 0.3) is 0 Å². The van der Waals surface area contributed by atoms with Crippen LogP contribution in [0.25, 0.3) is 0 Å². The maximum Gasteiger partial charge on any atom is 0.233 e. The lowest BCUT2D eigenvalue weighted by Gasteiger charge is -2.22. The van der Waals surface area contributed by atoms with E-state index >= 15 is 0 Å². The Morgan fingerprint density at radius 1 is 1.28 bits per heavy atom. The number of hydrogen-bond donors (Lipinski definition) is 3. The number of carbonyl (C=O) groups excluding carboxylic acids is 1. The van der Waals surface area contributed by atoms with Crippen molar-refractivity contribution >= 4 is 5.91 Å². The van der Waals surface area contributed by atoms with Crippen LogP contribution in [0.2, 0.25) is 0 Å². The molecule has 108 valence electrons. The summed E-state index contributed by atoms with van der Waals surface area (Å²) >= 11 is 0. The first-order valence-electron chi connectivity index (χ1n) is 6.50. The van der Waals surface area contributed by atoms with Crippen molar-refractivity contribution < 1.29 is 14.6 Å². The van der Waals surface area contributed by atoms with Crippen LogP contribution < -0.4 is 10.6 Å². The third-order valence-electron chi connectivity index (χ3n) is 2.08. The van der Waals surface area contributed by atoms with E-state index < -0.39 is 6.10 Å². The van der Waals surface area contributed by atoms with Crippen molar-refractivity contribution in [3.63, 3.8) is 0 Å². The topological polar surface area (TPSA) is 70.6 Å². The highest BCUT2D eigenvalue weighted by Crippen LogP contribution is 2.06. The van der Waals surface area contributed by atoms with Crippen LogP contribution in [-0.4, -0.2) is 49.0 Å². The van der Waals surface area contributed by atoms with Gasteiger partial charge < -0.3 is 20.5 Å². The molecule has 0 aromatic rings. The summed E-state index contributed by atoms with van der Waals surface area (Å²) in [5, 5.41) is 15.3. The van der Waals surface area contributed by atoms with Crippen LogP contribution in [0.1, 0.15) is 34.6 Å². The molecule has 1 amide bonds. The van der Waals surface area contributed by atoms with E-state index in [1.165, 1.54) is 0 Å². The van der Waals surface area contributed by atoms with Gasteiger partial charge in [-0.15, -0.1) is 0 Å². The molecular weight excluding hydrogens is 232 g/mol. The van der Waals surface area contributed by atoms with Crippen molar-refractivity contribution in [1.82, 2.24) is 10.6 Å². The Morgan fingerprint density at radius 2 is 1.89 bits per heavy atom. The van der Waals surface area contributed by atoms with Crippen LogP contribution in [0.15, 0.2) is 0 Å². The molecule has 0 radical (unpaired) electrons. The van der Waals surface area contributed by atoms with Crippen molar-refractivity contribution in [2.75, 3.05) is 26.2 Å². The normalized spacial score (nSPS) is 13.7. The molecule has 1 unspecified atom stereocenters. The monoisotopic (exact) mass is 260 g/mol. The fourth-order valence-electron chi connectivity index (χ4n) is 1.14. The fourth-order valence-corrected chi connectivity index (χ4v) is 1.14. The summed E-state index contributed by atoms with van der Waals surface area (Å²) in [5.41, 5.74) is -0.254. The fraction of sp³-hybridized carbons (Fsp3) is 0.923. The molecule has 0 aromatic carbocycles. The number of hydrogen-bond acceptors (Lipinski definition) is 4. The second kappa shape index (κ2) is 8.45. The number of aliphatic hydroxyl groups is 1. The Labute approximate surface area is 110 Å². The predicted molar refractivity (Wildman–Crippen MR) is 72.4 cm³/mol. The molecule has 0 aliphatic carbocycles. The molecule has 18 heavy (non-hydrogen) atoms. The Morgan fingerprint density at radius 3 is 2.39 bits per heavy atom. The lowest BCUT2D eigenvalue weighted by Crippen LogP contribution is -2.40. The minimum atomic E-state index is -0.595. The van der Waals surface area contributed by atoms with Gasteiger partial charge in [-0.1, -0.05) is 13.8 Å². The quantitative estimate of drug-likeness (QED) is 0.595. The van der Waals surface area contributed by atoms with E-state index in [0.29, 0.717) is 19.0 Å². The van der Waals surface area contributed by atoms with Gasteiger partial charge in [0.1, 0.15) is 0 Å². The molecule has 1 atom stereocenters. The van der Waals surface area contributed by atoms with Gasteiger partial charge in [0.2, 0.25) is 5.91 Å². The Balaban J connectivity index is 3.56. The molecule has 0 rings (SSSR count). The van der Waals surface area contributed by atoms with Crippen molar-refractivity contribution in [3.8, 4) is 0 Å². The number of aliphatic hydroxyl groups excluding tert-OH is 1. The molecular formula is C13H28N2O3. The number of carbonyl (C=O) groups is 1. The molecule has 5 nitrogen and oxygen atoms in total. The first-order valence-corrected chi connectivity index (χ1v) is 6.50. The molecule has 0 saturated carbocycles. The smallest absolute Gasteiger partial charge is 0.233 e. The Bertz CT molecular complexity index is 237. The first-order chi connectivity index (χ1) is 8.20. The number of nitrogens with one attached hydrogen (secondary N) is 2. The van der Waals surface area contributed by atoms with E-state index in [2.05, 4.69) is 10.6 Å². The van der Waals surface area contributed by atoms with Gasteiger partial charge in [-0.05, 0) is 26.7 Å². The van der Waals surface area contributed by atoms with Crippen molar-refractivity contribution in [3.05, 3.63) is 0 Å². The van der Waals surface area contributed by atoms with Gasteiger partial charge in [-0.2, -0.15) is 0 Å². The molecule has 0 bridgehead atoms. The van der Waals surface area contributed by atoms with Crippen LogP contribution in [0.3, 0.4) is 0 Å². The van der Waals surface area contributed by atoms with Crippen molar-refractivity contribution in [1.29, 1.82) is 0 Å². The summed E-state index contributed by atoms with van der Waals surface area (Å²) in [7, 11) is 0. The average molecular weight is 260 g/mol. The Hall–Kier alpha value is -0.650. The predicted octanol–water partition coefficient (Wildman–Crippen LogP) is 0.524. The van der Waals surface area contributed by atoms with E-state index in [0.717, 1.165) is 0 Å². The van der Waals surface area contributed by atoms with E-state index in [4.69, 9.17) is 4.74 Å². The first kappa shape index (κ1) is 17.4. The van der Waals surface area contributed by atoms with Gasteiger partial charge in [0.05, 0.1) is 24.9 Å². The van der Waals surface area contributed by atoms with Gasteiger partial charge in [-0.3, -0.25) is 4.79 Å². The highest BCUT2D eigenvalue weighted by molar-refractivity contribution is 5.77. The SMILES string of the molecule is CC(C)CNC(=O)CNCC(O)COC(C)(C)C. The van der Waals surface area contributed by atoms with Gasteiger partial charge in [-0.25, -0.2) is 0 Å². The van der Waals surface area contributed by atoms with Crippen molar-refractivity contribution in [2.45, 2.75) is 46.3 Å². The minimum Gasteiger partial charge on any atom is -0.389 e. The van der Waals surface area contributed by atoms with Crippen LogP contribution >= 0.6 is 0 Å². The van der Waals surface area contributed by atoms with Crippen LogP contribution in [-0.2, 0) is 9.53 Å². The summed E-state index contributed by atoms with van der Waals surface area (Å²) in [6.07, 6.45) is -0.595. The molecule has 0 heterocycles. The van der Waals surface area contributed by atoms with E-state index in [1.807, 2.05) is 34.6 Å². The average Bonchev–Trinajstić information content (AvgIpc) is 2.22. The summed E-state index contributed by atoms with van der Waals surface area (Å²) < 4.78 is 5.44. The summed E-state index contributed by atoms with van der Waals surface area (Å²) in [4.78, 5) is 11.4. The zero-order valence-corrected chi connectivity index (χ0v) is 12.2. The standard InChI is InChI=1S/C13H28N2O3/c1-10(2)6-15-12(17)8-14-7-11(16)9-18-13(3,4)5/h10-11,14,16H,6-9H2,1-5H3,(H,15,17). The lowest BCUT2D eigenvalue weighted by atomic mass is 10.2. The van der Waals surface area contributed by atoms with Crippen LogP contribution in [0, 0.1) is 5.92 Å². The molecule has 0 saturated heterocycles. The minimum absolute atomic E-state index is 0.0485. The zero-order chi connectivity index (χ0) is 14.2. The van der Waals surface area contributed by atoms with E-state index in [9.17, 15) is 9.90 Å². The summed E-state index contributed by atoms with van der Waals surface area (Å²) in [6, 6.07) is 0. The van der Waals surface area contributed by atoms with Crippen LogP contribution in [0.5, 0.6) is 0 Å². The largest absolute Gasteiger partial charge is 0.389 e. The second-order valence-electron chi connectivity index (χ2n) is 5.91. The molecule has 0 aromatic heterocycles. The second-order valence-corrected chi connectivity index (χ2v) is 5.91. The Kier molecular flexibility index (Phi) is 8.15. The number of rotatable bonds is 8. The third kappa shape index (κ3) is 11.8. The maximum atomic E-state index is 11.4. The van der Waals surface area contributed by atoms with Gasteiger partial charge >= 0.3 is 0 Å². The molecule has 5 heteroatoms. The van der Waals surface area contributed by atoms with Gasteiger partial charge in [0, 0.05) is 13.1 Å². The van der Waals surface area contributed by atoms with E-state index in [1.54, 1.807) is 0 Å². The highest BCUT2D eigenvalue weighted by atomic mass is 16.5. The summed E-state index contributed by atoms with van der Waals surface area (Å²) in [6.45, 7) is 11.4. The lowest BCUT2D eigenvalue weighted by molar-refractivity contribution is -0.120.